The lowest BCUT2D eigenvalue weighted by molar-refractivity contribution is -0.305. The highest BCUT2D eigenvalue weighted by Gasteiger charge is 2.47. The SMILES string of the molecule is CCCCC/C=C\C/C=C\C/C=C\C/C=C\CCC(O)C(=O)NC(COC1OC(CO)C(O)C(O)C1OC(=O)CCCCCCCCCCCCCCCC)C(O)/C=C/CCCCCCCCCCCC. The van der Waals surface area contributed by atoms with E-state index in [1.165, 1.54) is 128 Å². The fraction of sp³-hybridized carbons (Fsp3) is 0.800. The number of ether oxygens (including phenoxy) is 3. The highest BCUT2D eigenvalue weighted by Crippen LogP contribution is 2.26. The summed E-state index contributed by atoms with van der Waals surface area (Å²) < 4.78 is 17.5. The normalized spacial score (nSPS) is 20.0. The Balaban J connectivity index is 2.78. The molecule has 1 amide bonds. The summed E-state index contributed by atoms with van der Waals surface area (Å²) in [6.07, 6.45) is 48.4. The molecule has 0 radical (unpaired) electrons. The zero-order chi connectivity index (χ0) is 51.8. The molecule has 0 aromatic heterocycles. The van der Waals surface area contributed by atoms with Crippen LogP contribution in [-0.4, -0.2) is 99.6 Å². The van der Waals surface area contributed by atoms with Crippen LogP contribution in [0.4, 0.5) is 0 Å². The second-order valence-electron chi connectivity index (χ2n) is 20.0. The van der Waals surface area contributed by atoms with Gasteiger partial charge in [-0.2, -0.15) is 0 Å². The first kappa shape index (κ1) is 66.4. The molecule has 1 rings (SSSR count). The van der Waals surface area contributed by atoms with Crippen molar-refractivity contribution >= 4 is 11.9 Å². The Hall–Kier alpha value is -2.64. The van der Waals surface area contributed by atoms with Crippen LogP contribution in [0.2, 0.25) is 0 Å². The average Bonchev–Trinajstić information content (AvgIpc) is 3.37. The van der Waals surface area contributed by atoms with Crippen LogP contribution >= 0.6 is 0 Å². The van der Waals surface area contributed by atoms with E-state index in [4.69, 9.17) is 14.2 Å². The van der Waals surface area contributed by atoms with Crippen molar-refractivity contribution in [3.63, 3.8) is 0 Å². The van der Waals surface area contributed by atoms with E-state index < -0.39 is 67.4 Å². The minimum Gasteiger partial charge on any atom is -0.454 e. The molecule has 0 spiro atoms. The highest BCUT2D eigenvalue weighted by molar-refractivity contribution is 5.80. The molecule has 0 bridgehead atoms. The molecule has 1 aliphatic heterocycles. The molecule has 8 unspecified atom stereocenters. The summed E-state index contributed by atoms with van der Waals surface area (Å²) in [7, 11) is 0. The maximum Gasteiger partial charge on any atom is 0.306 e. The van der Waals surface area contributed by atoms with E-state index >= 15 is 0 Å². The number of amides is 1. The van der Waals surface area contributed by atoms with Gasteiger partial charge in [0.15, 0.2) is 12.4 Å². The lowest BCUT2D eigenvalue weighted by Crippen LogP contribution is -2.61. The van der Waals surface area contributed by atoms with Crippen molar-refractivity contribution in [2.24, 2.45) is 0 Å². The van der Waals surface area contributed by atoms with Gasteiger partial charge in [-0.05, 0) is 64.2 Å². The van der Waals surface area contributed by atoms with E-state index in [-0.39, 0.29) is 19.4 Å². The van der Waals surface area contributed by atoms with Crippen LogP contribution in [0.5, 0.6) is 0 Å². The molecule has 0 saturated carbocycles. The molecular formula is C60H107NO10. The third kappa shape index (κ3) is 36.9. The van der Waals surface area contributed by atoms with Gasteiger partial charge in [-0.3, -0.25) is 9.59 Å². The number of carbonyl (C=O) groups excluding carboxylic acids is 2. The Kier molecular flexibility index (Phi) is 45.2. The summed E-state index contributed by atoms with van der Waals surface area (Å²) in [5.74, 6) is -1.25. The number of rotatable bonds is 48. The van der Waals surface area contributed by atoms with Gasteiger partial charge in [0.05, 0.1) is 25.4 Å². The van der Waals surface area contributed by atoms with Gasteiger partial charge in [-0.25, -0.2) is 0 Å². The van der Waals surface area contributed by atoms with E-state index in [9.17, 15) is 35.1 Å². The van der Waals surface area contributed by atoms with Crippen molar-refractivity contribution in [1.29, 1.82) is 0 Å². The van der Waals surface area contributed by atoms with Gasteiger partial charge < -0.3 is 45.1 Å². The van der Waals surface area contributed by atoms with Crippen LogP contribution in [0.3, 0.4) is 0 Å². The first-order valence-corrected chi connectivity index (χ1v) is 29.1. The standard InChI is InChI=1S/C60H107NO10/c1-4-7-10-13-16-19-22-25-27-28-29-32-35-38-41-44-47-53(64)59(68)61-51(52(63)46-43-40-37-34-31-24-21-18-15-12-9-6-3)50-69-60-58(57(67)56(66)54(49-62)70-60)71-55(65)48-45-42-39-36-33-30-26-23-20-17-14-11-8-5-2/h16,19,25,27,29,32,38,41,43,46,51-54,56-58,60,62-64,66-67H,4-15,17-18,20-24,26,28,30-31,33-37,39-40,42,44-45,47-50H2,1-3H3,(H,61,68)/b19-16-,27-25-,32-29-,41-38-,46-43+. The zero-order valence-electron chi connectivity index (χ0n) is 45.3. The quantitative estimate of drug-likeness (QED) is 0.0196. The maximum atomic E-state index is 13.3. The summed E-state index contributed by atoms with van der Waals surface area (Å²) in [5, 5.41) is 56.7. The van der Waals surface area contributed by atoms with E-state index in [0.29, 0.717) is 12.8 Å². The fourth-order valence-electron chi connectivity index (χ4n) is 8.76. The van der Waals surface area contributed by atoms with Crippen molar-refractivity contribution in [2.45, 2.75) is 294 Å². The molecule has 0 aromatic carbocycles. The lowest BCUT2D eigenvalue weighted by atomic mass is 9.99. The van der Waals surface area contributed by atoms with Crippen LogP contribution in [0.25, 0.3) is 0 Å². The van der Waals surface area contributed by atoms with Gasteiger partial charge >= 0.3 is 5.97 Å². The molecule has 412 valence electrons. The predicted molar refractivity (Wildman–Crippen MR) is 292 cm³/mol. The van der Waals surface area contributed by atoms with Crippen LogP contribution in [-0.2, 0) is 23.8 Å². The second-order valence-corrected chi connectivity index (χ2v) is 20.0. The molecule has 6 N–H and O–H groups in total. The van der Waals surface area contributed by atoms with Gasteiger partial charge in [0.1, 0.15) is 24.4 Å². The first-order chi connectivity index (χ1) is 34.7. The van der Waals surface area contributed by atoms with Gasteiger partial charge in [-0.1, -0.05) is 236 Å². The van der Waals surface area contributed by atoms with E-state index in [2.05, 4.69) is 62.5 Å². The number of hydrogen-bond acceptors (Lipinski definition) is 10. The van der Waals surface area contributed by atoms with E-state index in [0.717, 1.165) is 70.6 Å². The molecule has 1 saturated heterocycles. The number of esters is 1. The van der Waals surface area contributed by atoms with Gasteiger partial charge in [0.2, 0.25) is 5.91 Å². The van der Waals surface area contributed by atoms with Crippen molar-refractivity contribution < 1.29 is 49.3 Å². The second kappa shape index (κ2) is 48.3. The Bertz CT molecular complexity index is 1380. The zero-order valence-corrected chi connectivity index (χ0v) is 45.3. The van der Waals surface area contributed by atoms with Crippen LogP contribution in [0.1, 0.15) is 245 Å². The number of aliphatic hydroxyl groups is 5. The molecule has 11 nitrogen and oxygen atoms in total. The maximum absolute atomic E-state index is 13.3. The number of carbonyl (C=O) groups is 2. The van der Waals surface area contributed by atoms with Crippen molar-refractivity contribution in [1.82, 2.24) is 5.32 Å². The first-order valence-electron chi connectivity index (χ1n) is 29.1. The Morgan fingerprint density at radius 1 is 0.549 bits per heavy atom. The van der Waals surface area contributed by atoms with Gasteiger partial charge in [0.25, 0.3) is 0 Å². The third-order valence-corrected chi connectivity index (χ3v) is 13.4. The largest absolute Gasteiger partial charge is 0.454 e. The average molecular weight is 1000 g/mol. The number of nitrogens with one attached hydrogen (secondary N) is 1. The molecule has 0 aromatic rings. The van der Waals surface area contributed by atoms with Crippen LogP contribution < -0.4 is 5.32 Å². The van der Waals surface area contributed by atoms with Crippen molar-refractivity contribution in [3.05, 3.63) is 60.8 Å². The molecule has 71 heavy (non-hydrogen) atoms. The lowest BCUT2D eigenvalue weighted by Gasteiger charge is -2.41. The predicted octanol–water partition coefficient (Wildman–Crippen LogP) is 13.1. The monoisotopic (exact) mass is 1000 g/mol. The summed E-state index contributed by atoms with van der Waals surface area (Å²) in [4.78, 5) is 26.4. The van der Waals surface area contributed by atoms with Crippen LogP contribution in [0.15, 0.2) is 60.8 Å². The smallest absolute Gasteiger partial charge is 0.306 e. The number of aliphatic hydroxyl groups excluding tert-OH is 5. The molecule has 8 atom stereocenters. The number of hydrogen-bond donors (Lipinski definition) is 6. The van der Waals surface area contributed by atoms with Crippen molar-refractivity contribution in [2.75, 3.05) is 13.2 Å². The minimum atomic E-state index is -1.62. The molecular weight excluding hydrogens is 895 g/mol. The molecule has 1 fully saturated rings. The molecule has 11 heteroatoms. The Morgan fingerprint density at radius 2 is 0.972 bits per heavy atom. The fourth-order valence-corrected chi connectivity index (χ4v) is 8.76. The topological polar surface area (TPSA) is 175 Å². The Morgan fingerprint density at radius 3 is 1.48 bits per heavy atom. The van der Waals surface area contributed by atoms with Gasteiger partial charge in [-0.15, -0.1) is 0 Å². The van der Waals surface area contributed by atoms with E-state index in [1.807, 2.05) is 18.2 Å². The molecule has 0 aliphatic carbocycles. The highest BCUT2D eigenvalue weighted by atomic mass is 16.7. The molecule has 1 heterocycles. The number of unbranched alkanes of at least 4 members (excludes halogenated alkanes) is 26. The summed E-state index contributed by atoms with van der Waals surface area (Å²) in [5.41, 5.74) is 0. The Labute approximate surface area is 433 Å². The summed E-state index contributed by atoms with van der Waals surface area (Å²) in [6.45, 7) is 5.71. The van der Waals surface area contributed by atoms with Crippen LogP contribution in [0, 0.1) is 0 Å². The van der Waals surface area contributed by atoms with Gasteiger partial charge in [0, 0.05) is 6.42 Å². The summed E-state index contributed by atoms with van der Waals surface area (Å²) >= 11 is 0. The molecule has 1 aliphatic rings. The minimum absolute atomic E-state index is 0.119. The summed E-state index contributed by atoms with van der Waals surface area (Å²) in [6, 6.07) is -1.05. The number of allylic oxidation sites excluding steroid dienone is 9. The van der Waals surface area contributed by atoms with E-state index in [1.54, 1.807) is 6.08 Å². The van der Waals surface area contributed by atoms with Crippen molar-refractivity contribution in [3.8, 4) is 0 Å². The third-order valence-electron chi connectivity index (χ3n) is 13.4.